The number of aliphatic hydroxyl groups excluding tert-OH is 1. The molecule has 0 amide bonds. The second kappa shape index (κ2) is 9.23. The summed E-state index contributed by atoms with van der Waals surface area (Å²) in [6.45, 7) is 5.54. The monoisotopic (exact) mass is 460 g/mol. The Hall–Kier alpha value is -0.980. The minimum Gasteiger partial charge on any atom is -0.423 e. The van der Waals surface area contributed by atoms with E-state index >= 15 is 0 Å². The zero-order chi connectivity index (χ0) is 23.2. The van der Waals surface area contributed by atoms with E-state index in [1.165, 1.54) is 38.5 Å². The Balaban J connectivity index is 1.27. The summed E-state index contributed by atoms with van der Waals surface area (Å²) < 4.78 is 17.0. The van der Waals surface area contributed by atoms with Gasteiger partial charge in [0.1, 0.15) is 6.61 Å². The van der Waals surface area contributed by atoms with E-state index in [2.05, 4.69) is 24.0 Å². The van der Waals surface area contributed by atoms with Crippen molar-refractivity contribution in [2.24, 2.45) is 40.4 Å². The zero-order valence-electron chi connectivity index (χ0n) is 21.1. The van der Waals surface area contributed by atoms with E-state index in [1.807, 2.05) is 7.11 Å². The summed E-state index contributed by atoms with van der Waals surface area (Å²) in [5.41, 5.74) is 0.807. The van der Waals surface area contributed by atoms with Crippen LogP contribution in [-0.2, 0) is 22.5 Å². The second-order valence-electron chi connectivity index (χ2n) is 12.2. The molecule has 0 aliphatic heterocycles. The average Bonchev–Trinajstić information content (AvgIpc) is 3.38. The van der Waals surface area contributed by atoms with Gasteiger partial charge in [0.15, 0.2) is 0 Å². The van der Waals surface area contributed by atoms with Crippen LogP contribution in [0.3, 0.4) is 0 Å². The van der Waals surface area contributed by atoms with Crippen LogP contribution in [0.25, 0.3) is 0 Å². The molecule has 4 saturated carbocycles. The number of aryl methyl sites for hydroxylation is 1. The highest BCUT2D eigenvalue weighted by Gasteiger charge is 2.62. The van der Waals surface area contributed by atoms with E-state index in [0.717, 1.165) is 55.7 Å². The molecular formula is C27H44N2O4. The molecule has 5 rings (SSSR count). The van der Waals surface area contributed by atoms with Gasteiger partial charge in [-0.3, -0.25) is 0 Å². The lowest BCUT2D eigenvalue weighted by molar-refractivity contribution is -0.180. The quantitative estimate of drug-likeness (QED) is 0.604. The number of nitrogens with zero attached hydrogens (tertiary/aromatic N) is 2. The number of hydrogen-bond acceptors (Lipinski definition) is 6. The van der Waals surface area contributed by atoms with Crippen molar-refractivity contribution in [3.05, 3.63) is 11.8 Å². The first-order valence-corrected chi connectivity index (χ1v) is 13.4. The number of ether oxygens (including phenoxy) is 2. The fourth-order valence-electron chi connectivity index (χ4n) is 9.08. The van der Waals surface area contributed by atoms with Crippen LogP contribution in [0.1, 0.15) is 89.8 Å². The maximum Gasteiger partial charge on any atom is 0.242 e. The summed E-state index contributed by atoms with van der Waals surface area (Å²) in [5.74, 6) is 4.92. The number of aromatic nitrogens is 2. The Kier molecular flexibility index (Phi) is 6.65. The van der Waals surface area contributed by atoms with Crippen LogP contribution >= 0.6 is 0 Å². The molecule has 1 N–H and O–H groups in total. The molecule has 6 heteroatoms. The van der Waals surface area contributed by atoms with Gasteiger partial charge in [-0.25, -0.2) is 0 Å². The molecule has 6 nitrogen and oxygen atoms in total. The van der Waals surface area contributed by atoms with Crippen molar-refractivity contribution in [1.29, 1.82) is 0 Å². The highest BCUT2D eigenvalue weighted by Crippen LogP contribution is 2.68. The smallest absolute Gasteiger partial charge is 0.242 e. The van der Waals surface area contributed by atoms with Crippen molar-refractivity contribution in [3.8, 4) is 0 Å². The first kappa shape index (κ1) is 23.7. The van der Waals surface area contributed by atoms with Crippen LogP contribution in [0.5, 0.6) is 0 Å². The molecule has 1 heterocycles. The summed E-state index contributed by atoms with van der Waals surface area (Å²) in [7, 11) is 3.58. The van der Waals surface area contributed by atoms with E-state index in [0.29, 0.717) is 41.3 Å². The third-order valence-corrected chi connectivity index (χ3v) is 10.9. The molecule has 9 atom stereocenters. The number of aliphatic hydroxyl groups is 1. The molecular weight excluding hydrogens is 416 g/mol. The molecule has 4 fully saturated rings. The van der Waals surface area contributed by atoms with Gasteiger partial charge in [-0.2, -0.15) is 0 Å². The van der Waals surface area contributed by atoms with Crippen molar-refractivity contribution in [1.82, 2.24) is 10.2 Å². The van der Waals surface area contributed by atoms with Crippen molar-refractivity contribution >= 4 is 0 Å². The van der Waals surface area contributed by atoms with E-state index in [9.17, 15) is 5.11 Å². The van der Waals surface area contributed by atoms with Crippen LogP contribution in [-0.4, -0.2) is 41.7 Å². The van der Waals surface area contributed by atoms with Crippen molar-refractivity contribution < 1.29 is 19.0 Å². The largest absolute Gasteiger partial charge is 0.423 e. The normalized spacial score (nSPS) is 44.8. The van der Waals surface area contributed by atoms with Gasteiger partial charge < -0.3 is 19.0 Å². The Labute approximate surface area is 199 Å². The van der Waals surface area contributed by atoms with Crippen molar-refractivity contribution in [2.45, 2.75) is 103 Å². The van der Waals surface area contributed by atoms with Gasteiger partial charge >= 0.3 is 0 Å². The van der Waals surface area contributed by atoms with Gasteiger partial charge in [0, 0.05) is 20.6 Å². The second-order valence-corrected chi connectivity index (χ2v) is 12.2. The molecule has 4 aliphatic carbocycles. The van der Waals surface area contributed by atoms with Crippen molar-refractivity contribution in [2.75, 3.05) is 14.2 Å². The van der Waals surface area contributed by atoms with E-state index in [1.54, 1.807) is 7.11 Å². The van der Waals surface area contributed by atoms with Crippen LogP contribution in [0, 0.1) is 40.4 Å². The topological polar surface area (TPSA) is 77.6 Å². The standard InChI is InChI=1S/C27H44N2O4/c1-26-13-11-21-25(22(32-4)15-18-14-19(30)10-12-27(18,21)2)20(26)9-8-17(26)6-5-7-23-28-29-24(33-23)16-31-3/h17-22,25,30H,5-16H2,1-4H3/t17-,18-,19+,20-,21-,22+,25-,26+,27-/m0/s1. The number of methoxy groups -OCH3 is 2. The molecule has 0 radical (unpaired) electrons. The van der Waals surface area contributed by atoms with Crippen LogP contribution < -0.4 is 0 Å². The minimum absolute atomic E-state index is 0.105. The molecule has 33 heavy (non-hydrogen) atoms. The zero-order valence-corrected chi connectivity index (χ0v) is 21.1. The molecule has 186 valence electrons. The minimum atomic E-state index is -0.105. The Morgan fingerprint density at radius 2 is 1.73 bits per heavy atom. The van der Waals surface area contributed by atoms with Gasteiger partial charge in [0.25, 0.3) is 0 Å². The number of rotatable bonds is 7. The first-order chi connectivity index (χ1) is 15.9. The van der Waals surface area contributed by atoms with Crippen LogP contribution in [0.15, 0.2) is 4.42 Å². The van der Waals surface area contributed by atoms with Crippen molar-refractivity contribution in [3.63, 3.8) is 0 Å². The lowest BCUT2D eigenvalue weighted by atomic mass is 9.44. The van der Waals surface area contributed by atoms with E-state index in [-0.39, 0.29) is 6.10 Å². The molecule has 0 bridgehead atoms. The summed E-state index contributed by atoms with van der Waals surface area (Å²) in [5, 5.41) is 18.6. The number of hydrogen-bond donors (Lipinski definition) is 1. The summed E-state index contributed by atoms with van der Waals surface area (Å²) in [6.07, 6.45) is 13.2. The predicted molar refractivity (Wildman–Crippen MR) is 125 cm³/mol. The van der Waals surface area contributed by atoms with Gasteiger partial charge in [-0.05, 0) is 105 Å². The molecule has 0 saturated heterocycles. The summed E-state index contributed by atoms with van der Waals surface area (Å²) >= 11 is 0. The van der Waals surface area contributed by atoms with Gasteiger partial charge in [0.05, 0.1) is 12.2 Å². The van der Waals surface area contributed by atoms with Gasteiger partial charge in [-0.1, -0.05) is 13.8 Å². The third-order valence-electron chi connectivity index (χ3n) is 10.9. The average molecular weight is 461 g/mol. The molecule has 0 spiro atoms. The van der Waals surface area contributed by atoms with Gasteiger partial charge in [0.2, 0.25) is 11.8 Å². The molecule has 0 aromatic carbocycles. The Bertz CT molecular complexity index is 814. The predicted octanol–water partition coefficient (Wildman–Crippen LogP) is 5.18. The Morgan fingerprint density at radius 1 is 0.970 bits per heavy atom. The highest BCUT2D eigenvalue weighted by atomic mass is 16.5. The van der Waals surface area contributed by atoms with Crippen LogP contribution in [0.4, 0.5) is 0 Å². The van der Waals surface area contributed by atoms with Crippen LogP contribution in [0.2, 0.25) is 0 Å². The number of fused-ring (bicyclic) bond motifs is 5. The summed E-state index contributed by atoms with van der Waals surface area (Å²) in [6, 6.07) is 0. The SMILES string of the molecule is COCc1nnc(CCC[C@H]2CC[C@H]3[C@@H]4[C@H](OC)C[C@@H]5C[C@H](O)CC[C@]5(C)[C@H]4CC[C@]23C)o1. The first-order valence-electron chi connectivity index (χ1n) is 13.4. The maximum atomic E-state index is 10.4. The molecule has 0 unspecified atom stereocenters. The fraction of sp³-hybridized carbons (Fsp3) is 0.926. The van der Waals surface area contributed by atoms with E-state index in [4.69, 9.17) is 13.9 Å². The maximum absolute atomic E-state index is 10.4. The summed E-state index contributed by atoms with van der Waals surface area (Å²) in [4.78, 5) is 0. The Morgan fingerprint density at radius 3 is 2.52 bits per heavy atom. The lowest BCUT2D eigenvalue weighted by Gasteiger charge is -2.62. The van der Waals surface area contributed by atoms with E-state index < -0.39 is 0 Å². The molecule has 1 aromatic heterocycles. The lowest BCUT2D eigenvalue weighted by Crippen LogP contribution is -2.58. The van der Waals surface area contributed by atoms with Gasteiger partial charge in [-0.15, -0.1) is 10.2 Å². The highest BCUT2D eigenvalue weighted by molar-refractivity contribution is 5.11. The third kappa shape index (κ3) is 4.08. The molecule has 1 aromatic rings. The molecule has 4 aliphatic rings. The fourth-order valence-corrected chi connectivity index (χ4v) is 9.08.